The lowest BCUT2D eigenvalue weighted by atomic mass is 9.98. The smallest absolute Gasteiger partial charge is 0.388 e. The van der Waals surface area contributed by atoms with Crippen LogP contribution in [0.1, 0.15) is 23.6 Å². The Balaban J connectivity index is 3.57. The van der Waals surface area contributed by atoms with Crippen LogP contribution in [0.15, 0.2) is 12.1 Å². The molecule has 0 unspecified atom stereocenters. The number of hydrogen-bond donors (Lipinski definition) is 2. The van der Waals surface area contributed by atoms with Crippen LogP contribution in [0.3, 0.4) is 0 Å². The van der Waals surface area contributed by atoms with Crippen molar-refractivity contribution in [3.8, 4) is 0 Å². The molecule has 5 heteroatoms. The van der Waals surface area contributed by atoms with E-state index in [9.17, 15) is 13.2 Å². The second-order valence-electron chi connectivity index (χ2n) is 3.61. The van der Waals surface area contributed by atoms with Gasteiger partial charge in [-0.15, -0.1) is 0 Å². The Morgan fingerprint density at radius 1 is 1.31 bits per heavy atom. The molecule has 0 heterocycles. The molecule has 16 heavy (non-hydrogen) atoms. The normalized spacial score (nSPS) is 11.4. The van der Waals surface area contributed by atoms with Gasteiger partial charge in [0.25, 0.3) is 0 Å². The molecule has 0 amide bonds. The van der Waals surface area contributed by atoms with Gasteiger partial charge in [-0.3, -0.25) is 0 Å². The molecule has 1 rings (SSSR count). The minimum atomic E-state index is -4.44. The highest BCUT2D eigenvalue weighted by Crippen LogP contribution is 2.36. The van der Waals surface area contributed by atoms with Crippen LogP contribution in [0.2, 0.25) is 0 Å². The number of anilines is 1. The Morgan fingerprint density at radius 3 is 2.25 bits per heavy atom. The fourth-order valence-electron chi connectivity index (χ4n) is 1.61. The monoisotopic (exact) mass is 230 g/mol. The topological polar surface area (TPSA) is 35.9 Å². The zero-order valence-electron chi connectivity index (χ0n) is 9.29. The van der Waals surface area contributed by atoms with E-state index in [0.717, 1.165) is 6.07 Å². The third kappa shape index (κ3) is 2.35. The zero-order valence-corrected chi connectivity index (χ0v) is 9.29. The second-order valence-corrected chi connectivity index (χ2v) is 3.61. The van der Waals surface area contributed by atoms with E-state index in [-0.39, 0.29) is 11.3 Å². The molecule has 0 atom stereocenters. The Bertz CT molecular complexity index is 422. The van der Waals surface area contributed by atoms with Gasteiger partial charge in [0.05, 0.1) is 5.56 Å². The number of alkyl halides is 3. The van der Waals surface area contributed by atoms with Gasteiger partial charge in [0.15, 0.2) is 0 Å². The summed E-state index contributed by atoms with van der Waals surface area (Å²) in [6.07, 6.45) is -4.44. The van der Waals surface area contributed by atoms with Crippen LogP contribution in [0.4, 0.5) is 18.9 Å². The van der Waals surface area contributed by atoms with Gasteiger partial charge in [-0.25, -0.2) is 0 Å². The van der Waals surface area contributed by atoms with E-state index in [1.165, 1.54) is 6.92 Å². The van der Waals surface area contributed by atoms with Crippen molar-refractivity contribution < 1.29 is 13.2 Å². The van der Waals surface area contributed by atoms with Crippen molar-refractivity contribution in [2.75, 3.05) is 12.4 Å². The van der Waals surface area contributed by atoms with Crippen LogP contribution in [-0.2, 0) is 6.18 Å². The number of hydrogen-bond acceptors (Lipinski definition) is 2. The minimum Gasteiger partial charge on any atom is -0.388 e. The summed E-state index contributed by atoms with van der Waals surface area (Å²) in [5.74, 6) is 0. The van der Waals surface area contributed by atoms with Crippen molar-refractivity contribution in [3.05, 3.63) is 28.8 Å². The van der Waals surface area contributed by atoms with Crippen LogP contribution in [0.25, 0.3) is 0 Å². The quantitative estimate of drug-likeness (QED) is 0.750. The minimum absolute atomic E-state index is 0.0828. The number of halogens is 3. The molecule has 2 N–H and O–H groups in total. The number of benzene rings is 1. The molecular weight excluding hydrogens is 217 g/mol. The molecule has 0 aromatic heterocycles. The summed E-state index contributed by atoms with van der Waals surface area (Å²) in [6, 6.07) is 2.66. The van der Waals surface area contributed by atoms with Crippen LogP contribution in [-0.4, -0.2) is 12.8 Å². The zero-order chi connectivity index (χ0) is 12.5. The van der Waals surface area contributed by atoms with Gasteiger partial charge in [-0.2, -0.15) is 13.2 Å². The Kier molecular flexibility index (Phi) is 3.26. The first kappa shape index (κ1) is 12.5. The fraction of sp³-hybridized carbons (Fsp3) is 0.364. The van der Waals surface area contributed by atoms with E-state index in [2.05, 4.69) is 5.32 Å². The molecule has 0 saturated carbocycles. The summed E-state index contributed by atoms with van der Waals surface area (Å²) >= 11 is 0. The van der Waals surface area contributed by atoms with E-state index in [0.29, 0.717) is 11.3 Å². The Hall–Kier alpha value is -1.52. The highest BCUT2D eigenvalue weighted by atomic mass is 19.4. The number of rotatable bonds is 2. The van der Waals surface area contributed by atoms with Crippen LogP contribution < -0.4 is 5.32 Å². The van der Waals surface area contributed by atoms with Crippen molar-refractivity contribution in [1.82, 2.24) is 0 Å². The summed E-state index contributed by atoms with van der Waals surface area (Å²) in [5.41, 5.74) is -0.0943. The van der Waals surface area contributed by atoms with Gasteiger partial charge >= 0.3 is 6.18 Å². The third-order valence-corrected chi connectivity index (χ3v) is 2.23. The first-order valence-electron chi connectivity index (χ1n) is 4.72. The Morgan fingerprint density at radius 2 is 1.88 bits per heavy atom. The van der Waals surface area contributed by atoms with E-state index < -0.39 is 11.7 Å². The summed E-state index contributed by atoms with van der Waals surface area (Å²) in [4.78, 5) is 0. The van der Waals surface area contributed by atoms with Crippen LogP contribution in [0, 0.1) is 12.3 Å². The van der Waals surface area contributed by atoms with Gasteiger partial charge in [0.2, 0.25) is 0 Å². The van der Waals surface area contributed by atoms with Gasteiger partial charge in [-0.05, 0) is 31.5 Å². The standard InChI is InChI=1S/C11H13F3N2/c1-6-4-8(11(12,13)14)10(7(2)15)9(5-6)16-3/h4-5,15-16H,1-3H3. The average molecular weight is 230 g/mol. The first-order valence-corrected chi connectivity index (χ1v) is 4.72. The fourth-order valence-corrected chi connectivity index (χ4v) is 1.61. The lowest BCUT2D eigenvalue weighted by Crippen LogP contribution is -2.14. The van der Waals surface area contributed by atoms with Gasteiger partial charge in [-0.1, -0.05) is 0 Å². The summed E-state index contributed by atoms with van der Waals surface area (Å²) < 4.78 is 38.3. The molecule has 0 fully saturated rings. The molecular formula is C11H13F3N2. The lowest BCUT2D eigenvalue weighted by molar-refractivity contribution is -0.137. The largest absolute Gasteiger partial charge is 0.417 e. The summed E-state index contributed by atoms with van der Waals surface area (Å²) in [5, 5.41) is 10.1. The van der Waals surface area contributed by atoms with Gasteiger partial charge in [0, 0.05) is 24.0 Å². The van der Waals surface area contributed by atoms with Gasteiger partial charge < -0.3 is 10.7 Å². The van der Waals surface area contributed by atoms with Crippen molar-refractivity contribution in [3.63, 3.8) is 0 Å². The third-order valence-electron chi connectivity index (χ3n) is 2.23. The van der Waals surface area contributed by atoms with Crippen molar-refractivity contribution in [2.45, 2.75) is 20.0 Å². The van der Waals surface area contributed by atoms with E-state index in [4.69, 9.17) is 5.41 Å². The van der Waals surface area contributed by atoms with Crippen LogP contribution in [0.5, 0.6) is 0 Å². The van der Waals surface area contributed by atoms with Crippen molar-refractivity contribution in [1.29, 1.82) is 5.41 Å². The molecule has 1 aromatic carbocycles. The molecule has 0 aliphatic heterocycles. The molecule has 0 spiro atoms. The SMILES string of the molecule is CNc1cc(C)cc(C(F)(F)F)c1C(C)=N. The van der Waals surface area contributed by atoms with Crippen molar-refractivity contribution in [2.24, 2.45) is 0 Å². The summed E-state index contributed by atoms with van der Waals surface area (Å²) in [6.45, 7) is 2.94. The van der Waals surface area contributed by atoms with E-state index in [1.54, 1.807) is 20.0 Å². The number of aryl methyl sites for hydroxylation is 1. The maximum Gasteiger partial charge on any atom is 0.417 e. The Labute approximate surface area is 92.0 Å². The van der Waals surface area contributed by atoms with Crippen molar-refractivity contribution >= 4 is 11.4 Å². The maximum atomic E-state index is 12.8. The summed E-state index contributed by atoms with van der Waals surface area (Å²) in [7, 11) is 1.54. The molecule has 1 aromatic rings. The predicted octanol–water partition coefficient (Wildman–Crippen LogP) is 3.44. The van der Waals surface area contributed by atoms with Gasteiger partial charge in [0.1, 0.15) is 0 Å². The predicted molar refractivity (Wildman–Crippen MR) is 58.2 cm³/mol. The first-order chi connectivity index (χ1) is 7.27. The molecule has 2 nitrogen and oxygen atoms in total. The van der Waals surface area contributed by atoms with E-state index in [1.807, 2.05) is 0 Å². The molecule has 0 aliphatic carbocycles. The molecule has 0 saturated heterocycles. The maximum absolute atomic E-state index is 12.8. The van der Waals surface area contributed by atoms with Crippen LogP contribution >= 0.6 is 0 Å². The molecule has 0 aliphatic rings. The highest BCUT2D eigenvalue weighted by molar-refractivity contribution is 6.03. The molecule has 88 valence electrons. The second kappa shape index (κ2) is 4.15. The lowest BCUT2D eigenvalue weighted by Gasteiger charge is -2.17. The highest BCUT2D eigenvalue weighted by Gasteiger charge is 2.35. The molecule has 0 radical (unpaired) electrons. The van der Waals surface area contributed by atoms with E-state index >= 15 is 0 Å². The average Bonchev–Trinajstić information content (AvgIpc) is 2.14. The number of nitrogens with one attached hydrogen (secondary N) is 2. The molecule has 0 bridgehead atoms.